The molecule has 0 atom stereocenters. The molecule has 0 aliphatic rings. The Hall–Kier alpha value is -1.58. The summed E-state index contributed by atoms with van der Waals surface area (Å²) in [7, 11) is 0. The maximum Gasteiger partial charge on any atom is 0.265 e. The average Bonchev–Trinajstić information content (AvgIpc) is 2.33. The van der Waals surface area contributed by atoms with Crippen molar-refractivity contribution in [3.63, 3.8) is 0 Å². The third-order valence-corrected chi connectivity index (χ3v) is 1.15. The molecule has 0 aliphatic carbocycles. The van der Waals surface area contributed by atoms with Crippen LogP contribution in [-0.4, -0.2) is 17.2 Å². The highest BCUT2D eigenvalue weighted by molar-refractivity contribution is 5.98. The summed E-state index contributed by atoms with van der Waals surface area (Å²) in [5.41, 5.74) is 5.37. The molecule has 4 heteroatoms. The van der Waals surface area contributed by atoms with E-state index >= 15 is 0 Å². The number of rotatable bonds is 2. The second kappa shape index (κ2) is 2.34. The van der Waals surface area contributed by atoms with Crippen LogP contribution < -0.4 is 5.73 Å². The number of carbonyl (C=O) groups is 2. The molecule has 52 valence electrons. The van der Waals surface area contributed by atoms with Gasteiger partial charge in [0.25, 0.3) is 5.91 Å². The van der Waals surface area contributed by atoms with Crippen molar-refractivity contribution in [2.75, 3.05) is 0 Å². The number of amides is 1. The van der Waals surface area contributed by atoms with E-state index in [9.17, 15) is 9.59 Å². The number of aromatic nitrogens is 1. The van der Waals surface area contributed by atoms with Gasteiger partial charge in [-0.15, -0.1) is 0 Å². The Morgan fingerprint density at radius 1 is 1.70 bits per heavy atom. The van der Waals surface area contributed by atoms with E-state index in [0.29, 0.717) is 11.8 Å². The Bertz CT molecular complexity index is 264. The number of aldehydes is 1. The highest BCUT2D eigenvalue weighted by Crippen LogP contribution is 2.00. The Kier molecular flexibility index (Phi) is 1.53. The molecule has 0 unspecified atom stereocenters. The highest BCUT2D eigenvalue weighted by atomic mass is 16.1. The van der Waals surface area contributed by atoms with Crippen LogP contribution in [0.2, 0.25) is 0 Å². The molecule has 0 saturated carbocycles. The number of hydrogen-bond acceptors (Lipinski definition) is 2. The van der Waals surface area contributed by atoms with E-state index in [1.165, 1.54) is 12.3 Å². The fraction of sp³-hybridized carbons (Fsp3) is 0. The fourth-order valence-corrected chi connectivity index (χ4v) is 0.693. The number of aromatic amines is 1. The summed E-state index contributed by atoms with van der Waals surface area (Å²) < 4.78 is 0. The largest absolute Gasteiger partial charge is 0.364 e. The van der Waals surface area contributed by atoms with Crippen LogP contribution in [0.5, 0.6) is 0 Å². The standard InChI is InChI=1S/C6H6N2O2/c7-6(10)5-4(3-9)1-2-8-5/h1-3,8H,(H2,7,10). The second-order valence-corrected chi connectivity index (χ2v) is 1.79. The molecule has 1 amide bonds. The van der Waals surface area contributed by atoms with Gasteiger partial charge in [0.1, 0.15) is 5.69 Å². The first-order valence-electron chi connectivity index (χ1n) is 2.68. The average molecular weight is 138 g/mol. The lowest BCUT2D eigenvalue weighted by Gasteiger charge is -1.88. The van der Waals surface area contributed by atoms with Crippen LogP contribution in [0.1, 0.15) is 20.8 Å². The van der Waals surface area contributed by atoms with Crippen molar-refractivity contribution in [1.82, 2.24) is 4.98 Å². The lowest BCUT2D eigenvalue weighted by Crippen LogP contribution is -2.13. The van der Waals surface area contributed by atoms with Crippen molar-refractivity contribution in [2.24, 2.45) is 5.73 Å². The number of carbonyl (C=O) groups excluding carboxylic acids is 2. The zero-order valence-electron chi connectivity index (χ0n) is 5.13. The molecule has 0 fully saturated rings. The van der Waals surface area contributed by atoms with E-state index < -0.39 is 5.91 Å². The molecule has 0 saturated heterocycles. The van der Waals surface area contributed by atoms with Crippen molar-refractivity contribution in [3.8, 4) is 0 Å². The van der Waals surface area contributed by atoms with Gasteiger partial charge in [0.15, 0.2) is 6.29 Å². The van der Waals surface area contributed by atoms with Crippen LogP contribution in [0.3, 0.4) is 0 Å². The van der Waals surface area contributed by atoms with E-state index in [1.807, 2.05) is 0 Å². The maximum absolute atomic E-state index is 10.5. The first-order valence-corrected chi connectivity index (χ1v) is 2.68. The van der Waals surface area contributed by atoms with Crippen molar-refractivity contribution in [3.05, 3.63) is 23.5 Å². The normalized spacial score (nSPS) is 9.20. The lowest BCUT2D eigenvalue weighted by molar-refractivity contribution is 0.0989. The minimum Gasteiger partial charge on any atom is -0.364 e. The number of nitrogens with two attached hydrogens (primary N) is 1. The summed E-state index contributed by atoms with van der Waals surface area (Å²) in [4.78, 5) is 23.2. The van der Waals surface area contributed by atoms with Gasteiger partial charge < -0.3 is 10.7 Å². The van der Waals surface area contributed by atoms with E-state index in [4.69, 9.17) is 5.73 Å². The Balaban J connectivity index is 3.13. The Morgan fingerprint density at radius 2 is 2.40 bits per heavy atom. The van der Waals surface area contributed by atoms with Crippen LogP contribution in [-0.2, 0) is 0 Å². The Labute approximate surface area is 57.0 Å². The zero-order chi connectivity index (χ0) is 7.56. The molecule has 1 aromatic heterocycles. The van der Waals surface area contributed by atoms with Gasteiger partial charge in [-0.05, 0) is 6.07 Å². The predicted octanol–water partition coefficient (Wildman–Crippen LogP) is -0.0739. The summed E-state index contributed by atoms with van der Waals surface area (Å²) in [5.74, 6) is -0.618. The van der Waals surface area contributed by atoms with E-state index in [0.717, 1.165) is 0 Å². The predicted molar refractivity (Wildman–Crippen MR) is 34.7 cm³/mol. The van der Waals surface area contributed by atoms with Crippen LogP contribution in [0.4, 0.5) is 0 Å². The van der Waals surface area contributed by atoms with Crippen molar-refractivity contribution < 1.29 is 9.59 Å². The molecule has 1 aromatic rings. The maximum atomic E-state index is 10.5. The van der Waals surface area contributed by atoms with Gasteiger partial charge in [-0.2, -0.15) is 0 Å². The topological polar surface area (TPSA) is 76.0 Å². The quantitative estimate of drug-likeness (QED) is 0.561. The molecule has 4 nitrogen and oxygen atoms in total. The summed E-state index contributed by atoms with van der Waals surface area (Å²) in [5, 5.41) is 0. The molecule has 0 radical (unpaired) electrons. The second-order valence-electron chi connectivity index (χ2n) is 1.79. The monoisotopic (exact) mass is 138 g/mol. The van der Waals surface area contributed by atoms with Gasteiger partial charge >= 0.3 is 0 Å². The highest BCUT2D eigenvalue weighted by Gasteiger charge is 2.06. The van der Waals surface area contributed by atoms with Crippen LogP contribution in [0, 0.1) is 0 Å². The molecule has 3 N–H and O–H groups in total. The molecule has 0 bridgehead atoms. The minimum atomic E-state index is -0.618. The smallest absolute Gasteiger partial charge is 0.265 e. The van der Waals surface area contributed by atoms with E-state index in [2.05, 4.69) is 4.98 Å². The summed E-state index contributed by atoms with van der Waals surface area (Å²) in [6, 6.07) is 1.49. The molecular weight excluding hydrogens is 132 g/mol. The lowest BCUT2D eigenvalue weighted by atomic mass is 10.2. The van der Waals surface area contributed by atoms with Gasteiger partial charge in [-0.25, -0.2) is 0 Å². The fourth-order valence-electron chi connectivity index (χ4n) is 0.693. The number of primary amides is 1. The molecule has 0 aromatic carbocycles. The first kappa shape index (κ1) is 6.54. The summed E-state index contributed by atoms with van der Waals surface area (Å²) in [6.07, 6.45) is 2.07. The van der Waals surface area contributed by atoms with E-state index in [1.54, 1.807) is 0 Å². The van der Waals surface area contributed by atoms with Gasteiger partial charge in [-0.1, -0.05) is 0 Å². The van der Waals surface area contributed by atoms with Gasteiger partial charge in [0.05, 0.1) is 0 Å². The van der Waals surface area contributed by atoms with Crippen molar-refractivity contribution in [1.29, 1.82) is 0 Å². The van der Waals surface area contributed by atoms with Gasteiger partial charge in [0, 0.05) is 11.8 Å². The number of nitrogens with one attached hydrogen (secondary N) is 1. The molecule has 0 spiro atoms. The summed E-state index contributed by atoms with van der Waals surface area (Å²) >= 11 is 0. The first-order chi connectivity index (χ1) is 4.75. The third kappa shape index (κ3) is 0.907. The van der Waals surface area contributed by atoms with Gasteiger partial charge in [-0.3, -0.25) is 9.59 Å². The summed E-state index contributed by atoms with van der Waals surface area (Å²) in [6.45, 7) is 0. The Morgan fingerprint density at radius 3 is 2.80 bits per heavy atom. The van der Waals surface area contributed by atoms with Crippen LogP contribution in [0.15, 0.2) is 12.3 Å². The number of hydrogen-bond donors (Lipinski definition) is 2. The van der Waals surface area contributed by atoms with Gasteiger partial charge in [0.2, 0.25) is 0 Å². The van der Waals surface area contributed by atoms with E-state index in [-0.39, 0.29) is 5.69 Å². The molecule has 0 aliphatic heterocycles. The third-order valence-electron chi connectivity index (χ3n) is 1.15. The van der Waals surface area contributed by atoms with Crippen molar-refractivity contribution in [2.45, 2.75) is 0 Å². The van der Waals surface area contributed by atoms with Crippen molar-refractivity contribution >= 4 is 12.2 Å². The number of H-pyrrole nitrogens is 1. The molecule has 1 rings (SSSR count). The van der Waals surface area contributed by atoms with Crippen LogP contribution in [0.25, 0.3) is 0 Å². The molecule has 10 heavy (non-hydrogen) atoms. The molecular formula is C6H6N2O2. The SMILES string of the molecule is NC(=O)c1[nH]ccc1C=O. The molecule has 1 heterocycles. The van der Waals surface area contributed by atoms with Crippen LogP contribution >= 0.6 is 0 Å². The minimum absolute atomic E-state index is 0.162. The zero-order valence-corrected chi connectivity index (χ0v) is 5.13.